The number of amides is 1. The Morgan fingerprint density at radius 1 is 1.23 bits per heavy atom. The highest BCUT2D eigenvalue weighted by molar-refractivity contribution is 5.98. The monoisotopic (exact) mass is 417 g/mol. The quantitative estimate of drug-likeness (QED) is 0.624. The van der Waals surface area contributed by atoms with Gasteiger partial charge in [0.2, 0.25) is 0 Å². The number of ether oxygens (including phenoxy) is 2. The summed E-state index contributed by atoms with van der Waals surface area (Å²) in [7, 11) is 0. The molecule has 0 aliphatic carbocycles. The average molecular weight is 417 g/mol. The molecule has 30 heavy (non-hydrogen) atoms. The SMILES string of the molecule is [2H]c1c([2H])c(-c2ccc3c(c2)C(=O)N(C([2H])([2H])c2ncccn2)CCO3)c([2H])c([2H])c1OC(C)(F)F. The number of hydrogen-bond acceptors (Lipinski definition) is 5. The van der Waals surface area contributed by atoms with Gasteiger partial charge in [-0.3, -0.25) is 4.79 Å². The molecule has 1 aliphatic rings. The fourth-order valence-corrected chi connectivity index (χ4v) is 2.73. The molecule has 0 atom stereocenters. The summed E-state index contributed by atoms with van der Waals surface area (Å²) < 4.78 is 86.4. The zero-order valence-corrected chi connectivity index (χ0v) is 15.7. The molecule has 0 bridgehead atoms. The highest BCUT2D eigenvalue weighted by atomic mass is 19.3. The molecule has 154 valence electrons. The molecule has 6 nitrogen and oxygen atoms in total. The van der Waals surface area contributed by atoms with Crippen LogP contribution in [0.4, 0.5) is 8.78 Å². The lowest BCUT2D eigenvalue weighted by Gasteiger charge is -2.19. The number of hydrogen-bond donors (Lipinski definition) is 0. The largest absolute Gasteiger partial charge is 0.491 e. The maximum absolute atomic E-state index is 13.4. The van der Waals surface area contributed by atoms with Gasteiger partial charge in [-0.25, -0.2) is 9.97 Å². The van der Waals surface area contributed by atoms with Gasteiger partial charge in [-0.1, -0.05) is 18.2 Å². The van der Waals surface area contributed by atoms with Crippen molar-refractivity contribution >= 4 is 5.91 Å². The molecule has 4 rings (SSSR count). The summed E-state index contributed by atoms with van der Waals surface area (Å²) in [5.74, 6) is -1.79. The van der Waals surface area contributed by atoms with Crippen molar-refractivity contribution in [1.29, 1.82) is 0 Å². The Labute approximate surface area is 180 Å². The summed E-state index contributed by atoms with van der Waals surface area (Å²) in [6.45, 7) is -2.15. The van der Waals surface area contributed by atoms with Crippen LogP contribution in [0.2, 0.25) is 0 Å². The van der Waals surface area contributed by atoms with Gasteiger partial charge < -0.3 is 14.4 Å². The first-order chi connectivity index (χ1) is 16.8. The Bertz CT molecular complexity index is 1310. The number of nitrogens with zero attached hydrogens (tertiary/aromatic N) is 3. The maximum Gasteiger partial charge on any atom is 0.394 e. The van der Waals surface area contributed by atoms with Crippen molar-refractivity contribution < 1.29 is 31.3 Å². The van der Waals surface area contributed by atoms with E-state index < -0.39 is 48.4 Å². The van der Waals surface area contributed by atoms with E-state index in [1.165, 1.54) is 36.7 Å². The van der Waals surface area contributed by atoms with Gasteiger partial charge in [0.05, 0.1) is 26.8 Å². The molecule has 0 unspecified atom stereocenters. The van der Waals surface area contributed by atoms with Gasteiger partial charge in [0.25, 0.3) is 5.91 Å². The number of carbonyl (C=O) groups is 1. The van der Waals surface area contributed by atoms with Crippen molar-refractivity contribution in [2.75, 3.05) is 13.2 Å². The molecule has 0 saturated carbocycles. The van der Waals surface area contributed by atoms with Gasteiger partial charge in [-0.15, -0.1) is 0 Å². The smallest absolute Gasteiger partial charge is 0.394 e. The Balaban J connectivity index is 1.81. The summed E-state index contributed by atoms with van der Waals surface area (Å²) in [5.41, 5.74) is -0.282. The van der Waals surface area contributed by atoms with E-state index in [-0.39, 0.29) is 41.4 Å². The number of benzene rings is 2. The third-order valence-corrected chi connectivity index (χ3v) is 4.00. The van der Waals surface area contributed by atoms with Crippen LogP contribution in [-0.2, 0) is 6.50 Å². The Hall–Kier alpha value is -3.55. The summed E-state index contributed by atoms with van der Waals surface area (Å²) in [5, 5.41) is 0. The van der Waals surface area contributed by atoms with Gasteiger partial charge in [-0.05, 0) is 41.4 Å². The number of carbonyl (C=O) groups excluding carboxylic acids is 1. The van der Waals surface area contributed by atoms with E-state index in [2.05, 4.69) is 14.7 Å². The molecule has 0 spiro atoms. The lowest BCUT2D eigenvalue weighted by atomic mass is 10.0. The average Bonchev–Trinajstić information content (AvgIpc) is 3.00. The lowest BCUT2D eigenvalue weighted by molar-refractivity contribution is -0.158. The van der Waals surface area contributed by atoms with E-state index in [9.17, 15) is 13.6 Å². The van der Waals surface area contributed by atoms with Crippen molar-refractivity contribution in [2.24, 2.45) is 0 Å². The highest BCUT2D eigenvalue weighted by Crippen LogP contribution is 2.31. The van der Waals surface area contributed by atoms with Gasteiger partial charge in [0.15, 0.2) is 0 Å². The van der Waals surface area contributed by atoms with Crippen molar-refractivity contribution in [3.8, 4) is 22.6 Å². The van der Waals surface area contributed by atoms with Crippen LogP contribution in [-0.4, -0.2) is 40.0 Å². The third kappa shape index (κ3) is 4.53. The first-order valence-corrected chi connectivity index (χ1v) is 8.86. The van der Waals surface area contributed by atoms with E-state index in [0.29, 0.717) is 6.92 Å². The van der Waals surface area contributed by atoms with Crippen LogP contribution in [0.1, 0.15) is 31.3 Å². The number of alkyl halides is 2. The normalized spacial score (nSPS) is 17.3. The van der Waals surface area contributed by atoms with Gasteiger partial charge in [-0.2, -0.15) is 8.78 Å². The van der Waals surface area contributed by atoms with Gasteiger partial charge >= 0.3 is 6.11 Å². The lowest BCUT2D eigenvalue weighted by Crippen LogP contribution is -2.32. The van der Waals surface area contributed by atoms with Crippen LogP contribution in [0.3, 0.4) is 0 Å². The fraction of sp³-hybridized carbons (Fsp3) is 0.227. The summed E-state index contributed by atoms with van der Waals surface area (Å²) in [4.78, 5) is 22.2. The van der Waals surface area contributed by atoms with E-state index in [1.807, 2.05) is 0 Å². The molecule has 0 radical (unpaired) electrons. The second-order valence-corrected chi connectivity index (χ2v) is 6.31. The molecule has 3 aromatic rings. The number of halogens is 2. The molecule has 8 heteroatoms. The van der Waals surface area contributed by atoms with Crippen LogP contribution < -0.4 is 9.47 Å². The second-order valence-electron chi connectivity index (χ2n) is 6.31. The molecule has 1 aliphatic heterocycles. The van der Waals surface area contributed by atoms with Crippen LogP contribution in [0.15, 0.2) is 60.8 Å². The molecule has 2 heterocycles. The van der Waals surface area contributed by atoms with E-state index in [1.54, 1.807) is 0 Å². The topological polar surface area (TPSA) is 64.6 Å². The molecule has 0 N–H and O–H groups in total. The van der Waals surface area contributed by atoms with Crippen molar-refractivity contribution in [3.05, 3.63) is 72.2 Å². The van der Waals surface area contributed by atoms with Crippen molar-refractivity contribution in [2.45, 2.75) is 19.5 Å². The molecule has 2 aromatic carbocycles. The molecular weight excluding hydrogens is 392 g/mol. The summed E-state index contributed by atoms with van der Waals surface area (Å²) in [6.07, 6.45) is -1.05. The van der Waals surface area contributed by atoms with Crippen molar-refractivity contribution in [3.63, 3.8) is 0 Å². The second kappa shape index (κ2) is 8.06. The first-order valence-electron chi connectivity index (χ1n) is 11.9. The van der Waals surface area contributed by atoms with Gasteiger partial charge in [0.1, 0.15) is 23.9 Å². The fourth-order valence-electron chi connectivity index (χ4n) is 2.73. The first kappa shape index (κ1) is 13.6. The number of rotatable bonds is 5. The zero-order chi connectivity index (χ0) is 26.4. The Kier molecular flexibility index (Phi) is 3.66. The molecular formula is C22H19F2N3O3. The number of fused-ring (bicyclic) bond motifs is 1. The number of aromatic nitrogens is 2. The standard InChI is InChI=1S/C22H19F2N3O3/c1-22(23,24)30-17-6-3-15(4-7-17)16-5-8-19-18(13-16)21(28)27(11-12-29-19)14-20-25-9-2-10-26-20/h2-10,13H,11-12,14H2,1H3/i3D,4D,6D,7D,14D2. The van der Waals surface area contributed by atoms with Crippen molar-refractivity contribution in [1.82, 2.24) is 14.9 Å². The summed E-state index contributed by atoms with van der Waals surface area (Å²) in [6, 6.07) is 2.60. The Morgan fingerprint density at radius 3 is 2.67 bits per heavy atom. The molecule has 0 saturated heterocycles. The van der Waals surface area contributed by atoms with Crippen LogP contribution in [0.5, 0.6) is 11.5 Å². The van der Waals surface area contributed by atoms with Crippen LogP contribution >= 0.6 is 0 Å². The minimum atomic E-state index is -3.73. The summed E-state index contributed by atoms with van der Waals surface area (Å²) >= 11 is 0. The van der Waals surface area contributed by atoms with Crippen LogP contribution in [0.25, 0.3) is 11.1 Å². The van der Waals surface area contributed by atoms with Crippen LogP contribution in [0, 0.1) is 0 Å². The predicted molar refractivity (Wildman–Crippen MR) is 105 cm³/mol. The minimum absolute atomic E-state index is 0.0389. The highest BCUT2D eigenvalue weighted by Gasteiger charge is 2.25. The minimum Gasteiger partial charge on any atom is -0.491 e. The Morgan fingerprint density at radius 2 is 1.97 bits per heavy atom. The maximum atomic E-state index is 13.4. The molecule has 1 amide bonds. The van der Waals surface area contributed by atoms with E-state index in [4.69, 9.17) is 13.0 Å². The predicted octanol–water partition coefficient (Wildman–Crippen LogP) is 4.17. The van der Waals surface area contributed by atoms with E-state index in [0.717, 1.165) is 4.90 Å². The van der Waals surface area contributed by atoms with Gasteiger partial charge in [0, 0.05) is 19.3 Å². The third-order valence-electron chi connectivity index (χ3n) is 4.00. The molecule has 1 aromatic heterocycles. The van der Waals surface area contributed by atoms with E-state index >= 15 is 0 Å². The zero-order valence-electron chi connectivity index (χ0n) is 21.7. The molecule has 0 fully saturated rings.